The number of hydrogen-bond acceptors (Lipinski definition) is 5. The highest BCUT2D eigenvalue weighted by molar-refractivity contribution is 7.15. The Morgan fingerprint density at radius 1 is 1.38 bits per heavy atom. The second-order valence-electron chi connectivity index (χ2n) is 5.87. The Bertz CT molecular complexity index is 585. The van der Waals surface area contributed by atoms with Crippen LogP contribution in [-0.4, -0.2) is 33.7 Å². The third kappa shape index (κ3) is 3.22. The highest BCUT2D eigenvalue weighted by atomic mass is 32.1. The number of aliphatic hydroxyl groups is 1. The van der Waals surface area contributed by atoms with Gasteiger partial charge >= 0.3 is 0 Å². The lowest BCUT2D eigenvalue weighted by molar-refractivity contribution is 0.0249. The molecule has 116 valence electrons. The molecule has 0 aromatic carbocycles. The van der Waals surface area contributed by atoms with Crippen LogP contribution in [-0.2, 0) is 6.54 Å². The van der Waals surface area contributed by atoms with Crippen molar-refractivity contribution in [3.63, 3.8) is 0 Å². The van der Waals surface area contributed by atoms with Crippen molar-refractivity contribution in [2.45, 2.75) is 50.7 Å². The minimum Gasteiger partial charge on any atom is -0.480 e. The fraction of sp³-hybridized carbons (Fsp3) is 0.667. The summed E-state index contributed by atoms with van der Waals surface area (Å²) in [6, 6.07) is 0. The Morgan fingerprint density at radius 2 is 2.14 bits per heavy atom. The van der Waals surface area contributed by atoms with Crippen molar-refractivity contribution in [1.82, 2.24) is 14.7 Å². The molecule has 2 heterocycles. The van der Waals surface area contributed by atoms with Crippen LogP contribution < -0.4 is 10.1 Å². The van der Waals surface area contributed by atoms with Gasteiger partial charge in [-0.2, -0.15) is 4.98 Å². The SMILES string of the molecule is COc1nc2sccn2c1CNCC1(O)CCCCCC1. The molecule has 1 aliphatic rings. The first-order chi connectivity index (χ1) is 10.2. The van der Waals surface area contributed by atoms with E-state index in [0.29, 0.717) is 19.0 Å². The summed E-state index contributed by atoms with van der Waals surface area (Å²) >= 11 is 1.60. The van der Waals surface area contributed by atoms with Crippen LogP contribution in [0.2, 0.25) is 0 Å². The Morgan fingerprint density at radius 3 is 2.86 bits per heavy atom. The van der Waals surface area contributed by atoms with E-state index in [0.717, 1.165) is 36.3 Å². The summed E-state index contributed by atoms with van der Waals surface area (Å²) in [7, 11) is 1.65. The van der Waals surface area contributed by atoms with Crippen molar-refractivity contribution >= 4 is 16.3 Å². The van der Waals surface area contributed by atoms with E-state index in [1.807, 2.05) is 16.0 Å². The van der Waals surface area contributed by atoms with Gasteiger partial charge in [-0.3, -0.25) is 4.40 Å². The third-order valence-electron chi connectivity index (χ3n) is 4.30. The molecule has 1 saturated carbocycles. The number of aromatic nitrogens is 2. The third-order valence-corrected chi connectivity index (χ3v) is 5.06. The Kier molecular flexibility index (Phi) is 4.47. The maximum Gasteiger partial charge on any atom is 0.237 e. The number of nitrogens with one attached hydrogen (secondary N) is 1. The van der Waals surface area contributed by atoms with Crippen LogP contribution in [0.4, 0.5) is 0 Å². The van der Waals surface area contributed by atoms with Crippen LogP contribution in [0.1, 0.15) is 44.2 Å². The fourth-order valence-electron chi connectivity index (χ4n) is 3.11. The summed E-state index contributed by atoms with van der Waals surface area (Å²) in [5.74, 6) is 0.669. The number of fused-ring (bicyclic) bond motifs is 1. The lowest BCUT2D eigenvalue weighted by Crippen LogP contribution is -2.40. The summed E-state index contributed by atoms with van der Waals surface area (Å²) in [6.45, 7) is 1.29. The van der Waals surface area contributed by atoms with Crippen LogP contribution in [0, 0.1) is 0 Å². The van der Waals surface area contributed by atoms with Crippen molar-refractivity contribution in [2.75, 3.05) is 13.7 Å². The van der Waals surface area contributed by atoms with Gasteiger partial charge in [0.05, 0.1) is 12.7 Å². The van der Waals surface area contributed by atoms with Crippen LogP contribution in [0.5, 0.6) is 5.88 Å². The predicted molar refractivity (Wildman–Crippen MR) is 84.0 cm³/mol. The highest BCUT2D eigenvalue weighted by Crippen LogP contribution is 2.27. The molecule has 0 amide bonds. The van der Waals surface area contributed by atoms with E-state index >= 15 is 0 Å². The molecule has 2 aromatic rings. The first-order valence-electron chi connectivity index (χ1n) is 7.63. The number of hydrogen-bond donors (Lipinski definition) is 2. The zero-order valence-corrected chi connectivity index (χ0v) is 13.3. The first-order valence-corrected chi connectivity index (χ1v) is 8.51. The predicted octanol–water partition coefficient (Wildman–Crippen LogP) is 2.58. The molecule has 2 N–H and O–H groups in total. The van der Waals surface area contributed by atoms with E-state index < -0.39 is 5.60 Å². The van der Waals surface area contributed by atoms with Gasteiger partial charge in [-0.25, -0.2) is 0 Å². The van der Waals surface area contributed by atoms with Crippen LogP contribution >= 0.6 is 11.3 Å². The van der Waals surface area contributed by atoms with E-state index in [1.54, 1.807) is 18.4 Å². The molecule has 6 heteroatoms. The lowest BCUT2D eigenvalue weighted by atomic mass is 9.94. The second kappa shape index (κ2) is 6.34. The standard InChI is InChI=1S/C15H23N3O2S/c1-20-13-12(18-8-9-21-14(18)17-13)10-16-11-15(19)6-4-2-3-5-7-15/h8-9,16,19H,2-7,10-11H2,1H3. The molecule has 5 nitrogen and oxygen atoms in total. The number of nitrogens with zero attached hydrogens (tertiary/aromatic N) is 2. The summed E-state index contributed by atoms with van der Waals surface area (Å²) in [6.07, 6.45) is 8.55. The summed E-state index contributed by atoms with van der Waals surface area (Å²) in [5.41, 5.74) is 0.466. The van der Waals surface area contributed by atoms with Crippen LogP contribution in [0.15, 0.2) is 11.6 Å². The van der Waals surface area contributed by atoms with Crippen LogP contribution in [0.25, 0.3) is 4.96 Å². The van der Waals surface area contributed by atoms with Gasteiger partial charge in [0.15, 0.2) is 4.96 Å². The average molecular weight is 309 g/mol. The first kappa shape index (κ1) is 14.8. The van der Waals surface area contributed by atoms with Gasteiger partial charge in [-0.05, 0) is 12.8 Å². The zero-order valence-electron chi connectivity index (χ0n) is 12.5. The summed E-state index contributed by atoms with van der Waals surface area (Å²) in [5, 5.41) is 16.1. The largest absolute Gasteiger partial charge is 0.480 e. The molecule has 0 radical (unpaired) electrons. The minimum atomic E-state index is -0.553. The Hall–Kier alpha value is -1.11. The topological polar surface area (TPSA) is 58.8 Å². The van der Waals surface area contributed by atoms with E-state index in [2.05, 4.69) is 10.3 Å². The normalized spacial score (nSPS) is 18.8. The van der Waals surface area contributed by atoms with Gasteiger partial charge in [0.2, 0.25) is 5.88 Å². The van der Waals surface area contributed by atoms with Crippen molar-refractivity contribution in [3.05, 3.63) is 17.3 Å². The number of methoxy groups -OCH3 is 1. The smallest absolute Gasteiger partial charge is 0.237 e. The maximum atomic E-state index is 10.7. The molecule has 21 heavy (non-hydrogen) atoms. The molecule has 0 spiro atoms. The van der Waals surface area contributed by atoms with Crippen molar-refractivity contribution < 1.29 is 9.84 Å². The summed E-state index contributed by atoms with van der Waals surface area (Å²) in [4.78, 5) is 5.39. The van der Waals surface area contributed by atoms with E-state index in [9.17, 15) is 5.11 Å². The molecular formula is C15H23N3O2S. The number of ether oxygens (including phenoxy) is 1. The zero-order chi connectivity index (χ0) is 14.7. The minimum absolute atomic E-state index is 0.553. The Balaban J connectivity index is 1.64. The quantitative estimate of drug-likeness (QED) is 0.834. The molecule has 3 rings (SSSR count). The van der Waals surface area contributed by atoms with E-state index in [4.69, 9.17) is 4.74 Å². The molecular weight excluding hydrogens is 286 g/mol. The van der Waals surface area contributed by atoms with Gasteiger partial charge < -0.3 is 15.2 Å². The lowest BCUT2D eigenvalue weighted by Gasteiger charge is -2.26. The van der Waals surface area contributed by atoms with Crippen molar-refractivity contribution in [1.29, 1.82) is 0 Å². The molecule has 0 unspecified atom stereocenters. The van der Waals surface area contributed by atoms with Gasteiger partial charge in [0.25, 0.3) is 0 Å². The second-order valence-corrected chi connectivity index (χ2v) is 6.74. The number of rotatable bonds is 5. The molecule has 0 bridgehead atoms. The van der Waals surface area contributed by atoms with Crippen molar-refractivity contribution in [2.24, 2.45) is 0 Å². The molecule has 1 fully saturated rings. The highest BCUT2D eigenvalue weighted by Gasteiger charge is 2.27. The average Bonchev–Trinajstić information content (AvgIpc) is 2.97. The maximum absolute atomic E-state index is 10.7. The van der Waals surface area contributed by atoms with E-state index in [1.165, 1.54) is 12.8 Å². The number of thiazole rings is 1. The fourth-order valence-corrected chi connectivity index (χ4v) is 3.84. The van der Waals surface area contributed by atoms with Gasteiger partial charge in [0.1, 0.15) is 5.69 Å². The van der Waals surface area contributed by atoms with E-state index in [-0.39, 0.29) is 0 Å². The van der Waals surface area contributed by atoms with Gasteiger partial charge in [-0.15, -0.1) is 11.3 Å². The van der Waals surface area contributed by atoms with Gasteiger partial charge in [0, 0.05) is 24.7 Å². The molecule has 2 aromatic heterocycles. The van der Waals surface area contributed by atoms with Crippen molar-refractivity contribution in [3.8, 4) is 5.88 Å². The molecule has 0 aliphatic heterocycles. The monoisotopic (exact) mass is 309 g/mol. The van der Waals surface area contributed by atoms with Gasteiger partial charge in [-0.1, -0.05) is 25.7 Å². The molecule has 0 atom stereocenters. The molecule has 0 saturated heterocycles. The Labute approximate surface area is 129 Å². The molecule has 1 aliphatic carbocycles. The summed E-state index contributed by atoms with van der Waals surface area (Å²) < 4.78 is 7.40. The van der Waals surface area contributed by atoms with Crippen LogP contribution in [0.3, 0.4) is 0 Å². The number of imidazole rings is 1.